The van der Waals surface area contributed by atoms with Gasteiger partial charge >= 0.3 is 0 Å². The summed E-state index contributed by atoms with van der Waals surface area (Å²) in [7, 11) is 1.74. The molecule has 1 N–H and O–H groups in total. The van der Waals surface area contributed by atoms with Crippen molar-refractivity contribution in [3.63, 3.8) is 0 Å². The molecule has 1 amide bonds. The van der Waals surface area contributed by atoms with E-state index in [4.69, 9.17) is 4.74 Å². The maximum absolute atomic E-state index is 12.8. The molecule has 104 valence electrons. The van der Waals surface area contributed by atoms with Gasteiger partial charge < -0.3 is 15.0 Å². The van der Waals surface area contributed by atoms with Crippen LogP contribution in [0.4, 0.5) is 0 Å². The molecule has 2 aliphatic heterocycles. The van der Waals surface area contributed by atoms with Gasteiger partial charge in [0, 0.05) is 32.7 Å². The average Bonchev–Trinajstić information content (AvgIpc) is 2.97. The highest BCUT2D eigenvalue weighted by Gasteiger charge is 2.47. The molecule has 2 atom stereocenters. The minimum atomic E-state index is -0.165. The molecule has 0 bridgehead atoms. The molecule has 0 aromatic carbocycles. The highest BCUT2D eigenvalue weighted by Crippen LogP contribution is 2.37. The third-order valence-electron chi connectivity index (χ3n) is 4.69. The van der Waals surface area contributed by atoms with E-state index in [9.17, 15) is 4.79 Å². The Hall–Kier alpha value is -0.610. The van der Waals surface area contributed by atoms with Crippen LogP contribution in [0.3, 0.4) is 0 Å². The van der Waals surface area contributed by atoms with Gasteiger partial charge in [-0.05, 0) is 25.3 Å². The zero-order valence-electron chi connectivity index (χ0n) is 11.9. The van der Waals surface area contributed by atoms with Crippen molar-refractivity contribution in [2.45, 2.75) is 26.7 Å². The van der Waals surface area contributed by atoms with Gasteiger partial charge in [0.15, 0.2) is 0 Å². The summed E-state index contributed by atoms with van der Waals surface area (Å²) in [6.45, 7) is 8.72. The number of likely N-dealkylation sites (tertiary alicyclic amines) is 1. The van der Waals surface area contributed by atoms with E-state index in [1.54, 1.807) is 7.11 Å². The van der Waals surface area contributed by atoms with Crippen LogP contribution in [0.1, 0.15) is 26.7 Å². The fourth-order valence-corrected chi connectivity index (χ4v) is 3.34. The lowest BCUT2D eigenvalue weighted by atomic mass is 9.75. The first-order chi connectivity index (χ1) is 8.60. The molecule has 0 spiro atoms. The normalized spacial score (nSPS) is 32.4. The highest BCUT2D eigenvalue weighted by atomic mass is 16.5. The number of carbonyl (C=O) groups is 1. The predicted molar refractivity (Wildman–Crippen MR) is 71.3 cm³/mol. The van der Waals surface area contributed by atoms with Crippen LogP contribution in [0.5, 0.6) is 0 Å². The summed E-state index contributed by atoms with van der Waals surface area (Å²) in [6.07, 6.45) is 2.07. The maximum Gasteiger partial charge on any atom is 0.230 e. The summed E-state index contributed by atoms with van der Waals surface area (Å²) in [6, 6.07) is 0. The van der Waals surface area contributed by atoms with Gasteiger partial charge in [0.2, 0.25) is 5.91 Å². The minimum absolute atomic E-state index is 0.165. The van der Waals surface area contributed by atoms with Crippen LogP contribution in [0.2, 0.25) is 0 Å². The zero-order chi connectivity index (χ0) is 13.2. The van der Waals surface area contributed by atoms with Crippen molar-refractivity contribution in [2.24, 2.45) is 17.3 Å². The van der Waals surface area contributed by atoms with Crippen LogP contribution in [0, 0.1) is 17.3 Å². The van der Waals surface area contributed by atoms with E-state index in [2.05, 4.69) is 24.1 Å². The quantitative estimate of drug-likeness (QED) is 0.817. The van der Waals surface area contributed by atoms with Crippen molar-refractivity contribution in [1.29, 1.82) is 0 Å². The monoisotopic (exact) mass is 254 g/mol. The van der Waals surface area contributed by atoms with Crippen molar-refractivity contribution < 1.29 is 9.53 Å². The SMILES string of the molecule is COCC1CCN(C(=O)C2(C(C)C)CCNC2)C1. The van der Waals surface area contributed by atoms with Crippen LogP contribution >= 0.6 is 0 Å². The van der Waals surface area contributed by atoms with Crippen molar-refractivity contribution >= 4 is 5.91 Å². The molecule has 2 fully saturated rings. The van der Waals surface area contributed by atoms with Crippen LogP contribution < -0.4 is 5.32 Å². The Morgan fingerprint density at radius 3 is 2.89 bits per heavy atom. The smallest absolute Gasteiger partial charge is 0.230 e. The van der Waals surface area contributed by atoms with E-state index in [0.717, 1.165) is 45.6 Å². The van der Waals surface area contributed by atoms with Crippen LogP contribution in [-0.4, -0.2) is 50.7 Å². The third kappa shape index (κ3) is 2.41. The lowest BCUT2D eigenvalue weighted by Gasteiger charge is -2.35. The Morgan fingerprint density at radius 2 is 2.33 bits per heavy atom. The molecular formula is C14H26N2O2. The number of carbonyl (C=O) groups excluding carboxylic acids is 1. The predicted octanol–water partition coefficient (Wildman–Crippen LogP) is 1.12. The molecule has 0 aromatic rings. The van der Waals surface area contributed by atoms with Gasteiger partial charge in [-0.3, -0.25) is 4.79 Å². The Labute approximate surface area is 110 Å². The van der Waals surface area contributed by atoms with Gasteiger partial charge in [0.05, 0.1) is 12.0 Å². The summed E-state index contributed by atoms with van der Waals surface area (Å²) in [4.78, 5) is 14.9. The number of hydrogen-bond donors (Lipinski definition) is 1. The molecule has 2 unspecified atom stereocenters. The standard InChI is InChI=1S/C14H26N2O2/c1-11(2)14(5-6-15-10-14)13(17)16-7-4-12(8-16)9-18-3/h11-12,15H,4-10H2,1-3H3. The van der Waals surface area contributed by atoms with Crippen LogP contribution in [-0.2, 0) is 9.53 Å². The molecular weight excluding hydrogens is 228 g/mol. The van der Waals surface area contributed by atoms with Gasteiger partial charge in [-0.2, -0.15) is 0 Å². The molecule has 2 rings (SSSR count). The topological polar surface area (TPSA) is 41.6 Å². The highest BCUT2D eigenvalue weighted by molar-refractivity contribution is 5.84. The van der Waals surface area contributed by atoms with Gasteiger partial charge in [-0.1, -0.05) is 13.8 Å². The Morgan fingerprint density at radius 1 is 1.56 bits per heavy atom. The molecule has 0 aliphatic carbocycles. The van der Waals surface area contributed by atoms with E-state index in [1.165, 1.54) is 0 Å². The molecule has 4 nitrogen and oxygen atoms in total. The van der Waals surface area contributed by atoms with Crippen LogP contribution in [0.25, 0.3) is 0 Å². The van der Waals surface area contributed by atoms with E-state index < -0.39 is 0 Å². The first kappa shape index (κ1) is 13.8. The van der Waals surface area contributed by atoms with Gasteiger partial charge in [0.25, 0.3) is 0 Å². The lowest BCUT2D eigenvalue weighted by Crippen LogP contribution is -2.47. The second kappa shape index (κ2) is 5.57. The van der Waals surface area contributed by atoms with E-state index in [0.29, 0.717) is 17.7 Å². The Kier molecular flexibility index (Phi) is 4.28. The van der Waals surface area contributed by atoms with E-state index >= 15 is 0 Å². The number of nitrogens with zero attached hydrogens (tertiary/aromatic N) is 1. The second-order valence-corrected chi connectivity index (χ2v) is 6.10. The van der Waals surface area contributed by atoms with Gasteiger partial charge in [-0.15, -0.1) is 0 Å². The third-order valence-corrected chi connectivity index (χ3v) is 4.69. The lowest BCUT2D eigenvalue weighted by molar-refractivity contribution is -0.142. The van der Waals surface area contributed by atoms with Crippen LogP contribution in [0.15, 0.2) is 0 Å². The summed E-state index contributed by atoms with van der Waals surface area (Å²) < 4.78 is 5.20. The molecule has 4 heteroatoms. The zero-order valence-corrected chi connectivity index (χ0v) is 11.9. The molecule has 0 saturated carbocycles. The number of ether oxygens (including phenoxy) is 1. The molecule has 18 heavy (non-hydrogen) atoms. The summed E-state index contributed by atoms with van der Waals surface area (Å²) in [5.74, 6) is 1.29. The summed E-state index contributed by atoms with van der Waals surface area (Å²) in [5.41, 5.74) is -0.165. The maximum atomic E-state index is 12.8. The largest absolute Gasteiger partial charge is 0.384 e. The number of amides is 1. The van der Waals surface area contributed by atoms with Gasteiger partial charge in [0.1, 0.15) is 0 Å². The minimum Gasteiger partial charge on any atom is -0.384 e. The van der Waals surface area contributed by atoms with E-state index in [-0.39, 0.29) is 5.41 Å². The van der Waals surface area contributed by atoms with Crippen molar-refractivity contribution in [2.75, 3.05) is 39.9 Å². The van der Waals surface area contributed by atoms with Gasteiger partial charge in [-0.25, -0.2) is 0 Å². The van der Waals surface area contributed by atoms with Crippen molar-refractivity contribution in [3.05, 3.63) is 0 Å². The van der Waals surface area contributed by atoms with E-state index in [1.807, 2.05) is 0 Å². The molecule has 0 aromatic heterocycles. The molecule has 2 saturated heterocycles. The van der Waals surface area contributed by atoms with Crippen molar-refractivity contribution in [1.82, 2.24) is 10.2 Å². The fraction of sp³-hybridized carbons (Fsp3) is 0.929. The molecule has 2 heterocycles. The summed E-state index contributed by atoms with van der Waals surface area (Å²) in [5, 5.41) is 3.36. The Bertz CT molecular complexity index is 298. The van der Waals surface area contributed by atoms with Crippen molar-refractivity contribution in [3.8, 4) is 0 Å². The number of hydrogen-bond acceptors (Lipinski definition) is 3. The first-order valence-electron chi connectivity index (χ1n) is 7.09. The average molecular weight is 254 g/mol. The number of nitrogens with one attached hydrogen (secondary N) is 1. The Balaban J connectivity index is 2.02. The number of methoxy groups -OCH3 is 1. The molecule has 2 aliphatic rings. The molecule has 0 radical (unpaired) electrons. The second-order valence-electron chi connectivity index (χ2n) is 6.10. The fourth-order valence-electron chi connectivity index (χ4n) is 3.34. The first-order valence-corrected chi connectivity index (χ1v) is 7.09. The number of rotatable bonds is 4. The summed E-state index contributed by atoms with van der Waals surface area (Å²) >= 11 is 0.